The van der Waals surface area contributed by atoms with E-state index in [9.17, 15) is 13.2 Å². The third kappa shape index (κ3) is 2.21. The number of halogens is 3. The Morgan fingerprint density at radius 3 is 2.53 bits per heavy atom. The topological polar surface area (TPSA) is 0 Å². The van der Waals surface area contributed by atoms with Crippen molar-refractivity contribution >= 4 is 11.3 Å². The molecule has 0 saturated carbocycles. The van der Waals surface area contributed by atoms with Crippen LogP contribution in [-0.2, 0) is 6.18 Å². The second-order valence-corrected chi connectivity index (χ2v) is 3.74. The lowest BCUT2D eigenvalue weighted by atomic mass is 10.1. The summed E-state index contributed by atoms with van der Waals surface area (Å²) in [7, 11) is 0. The van der Waals surface area contributed by atoms with Crippen molar-refractivity contribution in [1.82, 2.24) is 0 Å². The smallest absolute Gasteiger partial charge is 0.166 e. The molecule has 0 atom stereocenters. The van der Waals surface area contributed by atoms with Crippen LogP contribution in [0.5, 0.6) is 0 Å². The summed E-state index contributed by atoms with van der Waals surface area (Å²) in [6, 6.07) is 6.97. The van der Waals surface area contributed by atoms with Gasteiger partial charge in [-0.2, -0.15) is 13.2 Å². The lowest BCUT2D eigenvalue weighted by Crippen LogP contribution is -2.04. The van der Waals surface area contributed by atoms with Gasteiger partial charge in [-0.25, -0.2) is 0 Å². The molecule has 0 aliphatic rings. The zero-order valence-corrected chi connectivity index (χ0v) is 8.32. The van der Waals surface area contributed by atoms with E-state index in [1.807, 2.05) is 0 Å². The summed E-state index contributed by atoms with van der Waals surface area (Å²) in [4.78, 5) is 0. The van der Waals surface area contributed by atoms with Gasteiger partial charge in [0.25, 0.3) is 0 Å². The van der Waals surface area contributed by atoms with Gasteiger partial charge in [-0.1, -0.05) is 12.1 Å². The first-order valence-electron chi connectivity index (χ1n) is 4.19. The molecule has 0 nitrogen and oxygen atoms in total. The molecule has 0 bridgehead atoms. The van der Waals surface area contributed by atoms with Crippen LogP contribution in [-0.4, -0.2) is 0 Å². The van der Waals surface area contributed by atoms with Gasteiger partial charge in [0.2, 0.25) is 0 Å². The highest BCUT2D eigenvalue weighted by Crippen LogP contribution is 2.32. The molecule has 1 aromatic carbocycles. The molecule has 0 spiro atoms. The van der Waals surface area contributed by atoms with Crippen molar-refractivity contribution in [1.29, 1.82) is 0 Å². The summed E-state index contributed by atoms with van der Waals surface area (Å²) in [6.45, 7) is 0. The summed E-state index contributed by atoms with van der Waals surface area (Å²) in [6.07, 6.45) is -4.28. The monoisotopic (exact) mass is 227 g/mol. The molecule has 1 radical (unpaired) electrons. The number of benzene rings is 1. The number of hydrogen-bond acceptors (Lipinski definition) is 1. The Balaban J connectivity index is 2.44. The number of hydrogen-bond donors (Lipinski definition) is 0. The highest BCUT2D eigenvalue weighted by molar-refractivity contribution is 7.07. The van der Waals surface area contributed by atoms with Crippen molar-refractivity contribution in [2.75, 3.05) is 0 Å². The zero-order valence-electron chi connectivity index (χ0n) is 7.51. The normalized spacial score (nSPS) is 11.7. The molecule has 0 unspecified atom stereocenters. The first-order chi connectivity index (χ1) is 7.07. The maximum Gasteiger partial charge on any atom is 0.416 e. The molecule has 0 aliphatic heterocycles. The van der Waals surface area contributed by atoms with Crippen molar-refractivity contribution in [3.05, 3.63) is 46.7 Å². The predicted molar refractivity (Wildman–Crippen MR) is 53.6 cm³/mol. The molecule has 77 valence electrons. The minimum Gasteiger partial charge on any atom is -0.166 e. The van der Waals surface area contributed by atoms with E-state index in [2.05, 4.69) is 5.38 Å². The molecule has 1 heterocycles. The average molecular weight is 227 g/mol. The number of rotatable bonds is 1. The molecule has 0 aliphatic carbocycles. The minimum atomic E-state index is -4.28. The Bertz CT molecular complexity index is 443. The van der Waals surface area contributed by atoms with Crippen molar-refractivity contribution in [2.24, 2.45) is 0 Å². The summed E-state index contributed by atoms with van der Waals surface area (Å²) in [5, 5.41) is 4.62. The Hall–Kier alpha value is -1.29. The van der Waals surface area contributed by atoms with Crippen LogP contribution < -0.4 is 0 Å². The highest BCUT2D eigenvalue weighted by atomic mass is 32.1. The van der Waals surface area contributed by atoms with E-state index in [-0.39, 0.29) is 0 Å². The van der Waals surface area contributed by atoms with E-state index >= 15 is 0 Å². The first kappa shape index (κ1) is 10.2. The third-order valence-corrected chi connectivity index (χ3v) is 2.62. The van der Waals surface area contributed by atoms with Crippen LogP contribution in [0.15, 0.2) is 35.7 Å². The summed E-state index contributed by atoms with van der Waals surface area (Å²) in [5.41, 5.74) is 0.722. The molecule has 0 saturated heterocycles. The molecule has 15 heavy (non-hydrogen) atoms. The second-order valence-electron chi connectivity index (χ2n) is 3.03. The fourth-order valence-electron chi connectivity index (χ4n) is 1.26. The lowest BCUT2D eigenvalue weighted by Gasteiger charge is -2.07. The van der Waals surface area contributed by atoms with E-state index in [0.29, 0.717) is 5.56 Å². The molecule has 0 fully saturated rings. The Morgan fingerprint density at radius 2 is 1.93 bits per heavy atom. The molecule has 4 heteroatoms. The van der Waals surface area contributed by atoms with Crippen LogP contribution in [0.2, 0.25) is 0 Å². The van der Waals surface area contributed by atoms with Crippen molar-refractivity contribution in [3.63, 3.8) is 0 Å². The fraction of sp³-hybridized carbons (Fsp3) is 0.0909. The third-order valence-electron chi connectivity index (χ3n) is 1.99. The SMILES string of the molecule is FC(F)(F)c1cccc(-c2c[c]sc2)c1. The van der Waals surface area contributed by atoms with Gasteiger partial charge in [0, 0.05) is 5.38 Å². The minimum absolute atomic E-state index is 0.572. The molecule has 0 N–H and O–H groups in total. The van der Waals surface area contributed by atoms with Gasteiger partial charge in [-0.3, -0.25) is 0 Å². The van der Waals surface area contributed by atoms with Crippen LogP contribution in [0, 0.1) is 5.38 Å². The zero-order chi connectivity index (χ0) is 10.9. The Morgan fingerprint density at radius 1 is 1.13 bits per heavy atom. The van der Waals surface area contributed by atoms with E-state index in [4.69, 9.17) is 0 Å². The van der Waals surface area contributed by atoms with Gasteiger partial charge in [-0.15, -0.1) is 11.3 Å². The predicted octanol–water partition coefficient (Wildman–Crippen LogP) is 4.23. The van der Waals surface area contributed by atoms with Crippen LogP contribution >= 0.6 is 11.3 Å². The number of alkyl halides is 3. The van der Waals surface area contributed by atoms with Gasteiger partial charge in [0.05, 0.1) is 5.56 Å². The van der Waals surface area contributed by atoms with Gasteiger partial charge >= 0.3 is 6.18 Å². The van der Waals surface area contributed by atoms with E-state index in [1.165, 1.54) is 17.4 Å². The van der Waals surface area contributed by atoms with Crippen LogP contribution in [0.25, 0.3) is 11.1 Å². The molecule has 2 rings (SSSR count). The van der Waals surface area contributed by atoms with Crippen LogP contribution in [0.3, 0.4) is 0 Å². The van der Waals surface area contributed by atoms with Gasteiger partial charge in [0.15, 0.2) is 0 Å². The second kappa shape index (κ2) is 3.70. The highest BCUT2D eigenvalue weighted by Gasteiger charge is 2.30. The fourth-order valence-corrected chi connectivity index (χ4v) is 1.85. The molecule has 1 aromatic heterocycles. The molecule has 2 aromatic rings. The summed E-state index contributed by atoms with van der Waals surface area (Å²) >= 11 is 1.34. The summed E-state index contributed by atoms with van der Waals surface area (Å²) < 4.78 is 37.2. The quantitative estimate of drug-likeness (QED) is 0.683. The summed E-state index contributed by atoms with van der Waals surface area (Å²) in [5.74, 6) is 0. The van der Waals surface area contributed by atoms with Gasteiger partial charge < -0.3 is 0 Å². The maximum absolute atomic E-state index is 12.4. The van der Waals surface area contributed by atoms with Crippen LogP contribution in [0.4, 0.5) is 13.2 Å². The first-order valence-corrected chi connectivity index (χ1v) is 5.07. The van der Waals surface area contributed by atoms with Gasteiger partial charge in [-0.05, 0) is 34.7 Å². The van der Waals surface area contributed by atoms with Crippen molar-refractivity contribution in [2.45, 2.75) is 6.18 Å². The van der Waals surface area contributed by atoms with Crippen molar-refractivity contribution in [3.8, 4) is 11.1 Å². The standard InChI is InChI=1S/C11H6F3S/c12-11(13,14)10-3-1-2-8(6-10)9-4-5-15-7-9/h1-4,6-7H. The average Bonchev–Trinajstić information content (AvgIpc) is 2.69. The largest absolute Gasteiger partial charge is 0.416 e. The Kier molecular flexibility index (Phi) is 2.52. The maximum atomic E-state index is 12.4. The Labute approximate surface area is 89.0 Å². The van der Waals surface area contributed by atoms with Crippen LogP contribution in [0.1, 0.15) is 5.56 Å². The molecular weight excluding hydrogens is 221 g/mol. The van der Waals surface area contributed by atoms with E-state index < -0.39 is 11.7 Å². The molecule has 0 amide bonds. The molecular formula is C11H6F3S. The van der Waals surface area contributed by atoms with E-state index in [0.717, 1.165) is 17.7 Å². The van der Waals surface area contributed by atoms with E-state index in [1.54, 1.807) is 17.5 Å². The van der Waals surface area contributed by atoms with Crippen molar-refractivity contribution < 1.29 is 13.2 Å². The lowest BCUT2D eigenvalue weighted by molar-refractivity contribution is -0.137. The van der Waals surface area contributed by atoms with Gasteiger partial charge in [0.1, 0.15) is 0 Å². The number of thiophene rings is 1.